The van der Waals surface area contributed by atoms with E-state index in [2.05, 4.69) is 39.5 Å². The van der Waals surface area contributed by atoms with Crippen molar-refractivity contribution in [2.45, 2.75) is 26.3 Å². The number of aryl methyl sites for hydroxylation is 1. The lowest BCUT2D eigenvalue weighted by atomic mass is 9.94. The third-order valence-corrected chi connectivity index (χ3v) is 6.56. The van der Waals surface area contributed by atoms with Gasteiger partial charge in [-0.25, -0.2) is 9.59 Å². The average molecular weight is 479 g/mol. The number of anilines is 1. The van der Waals surface area contributed by atoms with Crippen molar-refractivity contribution in [1.82, 2.24) is 15.5 Å². The van der Waals surface area contributed by atoms with Crippen LogP contribution in [-0.2, 0) is 16.0 Å². The Balaban J connectivity index is 1.52. The van der Waals surface area contributed by atoms with Gasteiger partial charge in [-0.3, -0.25) is 4.90 Å². The maximum absolute atomic E-state index is 13.0. The molecule has 0 unspecified atom stereocenters. The highest BCUT2D eigenvalue weighted by atomic mass is 16.5. The van der Waals surface area contributed by atoms with Gasteiger partial charge in [0.25, 0.3) is 0 Å². The van der Waals surface area contributed by atoms with Gasteiger partial charge in [0, 0.05) is 44.1 Å². The van der Waals surface area contributed by atoms with Crippen molar-refractivity contribution in [1.29, 1.82) is 0 Å². The van der Waals surface area contributed by atoms with Crippen LogP contribution in [0, 0.1) is 0 Å². The number of nitrogens with zero attached hydrogens (tertiary/aromatic N) is 2. The second-order valence-electron chi connectivity index (χ2n) is 8.70. The number of esters is 1. The summed E-state index contributed by atoms with van der Waals surface area (Å²) in [5.41, 5.74) is 4.29. The van der Waals surface area contributed by atoms with E-state index < -0.39 is 12.0 Å². The molecule has 0 bridgehead atoms. The third-order valence-electron chi connectivity index (χ3n) is 6.56. The molecule has 4 rings (SSSR count). The Morgan fingerprint density at radius 2 is 1.69 bits per heavy atom. The number of hydrogen-bond donors (Lipinski definition) is 2. The fourth-order valence-electron chi connectivity index (χ4n) is 4.57. The number of carbonyl (C=O) groups excluding carboxylic acids is 2. The van der Waals surface area contributed by atoms with Crippen molar-refractivity contribution in [3.05, 3.63) is 70.9 Å². The maximum Gasteiger partial charge on any atom is 0.338 e. The van der Waals surface area contributed by atoms with E-state index in [1.165, 1.54) is 5.56 Å². The van der Waals surface area contributed by atoms with Gasteiger partial charge in [0.1, 0.15) is 5.75 Å². The lowest BCUT2D eigenvalue weighted by Crippen LogP contribution is -2.51. The summed E-state index contributed by atoms with van der Waals surface area (Å²) in [6, 6.07) is 15.2. The number of benzene rings is 2. The minimum Gasteiger partial charge on any atom is -0.497 e. The van der Waals surface area contributed by atoms with E-state index in [1.54, 1.807) is 14.0 Å². The normalized spacial score (nSPS) is 18.7. The average Bonchev–Trinajstić information content (AvgIpc) is 2.89. The lowest BCUT2D eigenvalue weighted by Gasteiger charge is -2.38. The first-order chi connectivity index (χ1) is 17.0. The van der Waals surface area contributed by atoms with Crippen LogP contribution < -0.4 is 20.3 Å². The van der Waals surface area contributed by atoms with Crippen LogP contribution in [0.25, 0.3) is 0 Å². The fourth-order valence-corrected chi connectivity index (χ4v) is 4.57. The molecule has 35 heavy (non-hydrogen) atoms. The summed E-state index contributed by atoms with van der Waals surface area (Å²) in [5, 5.41) is 5.81. The molecule has 0 radical (unpaired) electrons. The van der Waals surface area contributed by atoms with Crippen molar-refractivity contribution in [2.24, 2.45) is 0 Å². The minimum absolute atomic E-state index is 0.269. The van der Waals surface area contributed by atoms with E-state index in [-0.39, 0.29) is 12.6 Å². The summed E-state index contributed by atoms with van der Waals surface area (Å²) >= 11 is 0. The molecule has 2 aromatic carbocycles. The first kappa shape index (κ1) is 24.6. The summed E-state index contributed by atoms with van der Waals surface area (Å²) in [6.07, 6.45) is 0.924. The van der Waals surface area contributed by atoms with Gasteiger partial charge in [0.2, 0.25) is 0 Å². The Hall–Kier alpha value is -3.52. The molecule has 1 atom stereocenters. The van der Waals surface area contributed by atoms with Gasteiger partial charge < -0.3 is 25.0 Å². The van der Waals surface area contributed by atoms with Gasteiger partial charge in [-0.05, 0) is 48.7 Å². The number of amides is 2. The lowest BCUT2D eigenvalue weighted by molar-refractivity contribution is -0.139. The molecule has 1 fully saturated rings. The Labute approximate surface area is 206 Å². The monoisotopic (exact) mass is 478 g/mol. The highest BCUT2D eigenvalue weighted by molar-refractivity contribution is 5.95. The Kier molecular flexibility index (Phi) is 7.92. The summed E-state index contributed by atoms with van der Waals surface area (Å²) in [6.45, 7) is 7.95. The molecule has 186 valence electrons. The van der Waals surface area contributed by atoms with Crippen LogP contribution in [0.2, 0.25) is 0 Å². The van der Waals surface area contributed by atoms with Crippen LogP contribution in [0.3, 0.4) is 0 Å². The van der Waals surface area contributed by atoms with E-state index in [4.69, 9.17) is 9.47 Å². The topological polar surface area (TPSA) is 83.1 Å². The summed E-state index contributed by atoms with van der Waals surface area (Å²) < 4.78 is 10.7. The van der Waals surface area contributed by atoms with E-state index in [0.717, 1.165) is 49.6 Å². The second kappa shape index (κ2) is 11.3. The van der Waals surface area contributed by atoms with Crippen LogP contribution >= 0.6 is 0 Å². The molecule has 2 aliphatic heterocycles. The highest BCUT2D eigenvalue weighted by Crippen LogP contribution is 2.29. The predicted molar refractivity (Wildman–Crippen MR) is 136 cm³/mol. The number of carbonyl (C=O) groups is 2. The van der Waals surface area contributed by atoms with Crippen molar-refractivity contribution >= 4 is 17.7 Å². The molecule has 8 heteroatoms. The van der Waals surface area contributed by atoms with Crippen LogP contribution in [0.5, 0.6) is 5.75 Å². The number of methoxy groups -OCH3 is 1. The molecular formula is C27H34N4O4. The van der Waals surface area contributed by atoms with Crippen LogP contribution in [0.4, 0.5) is 10.5 Å². The predicted octanol–water partition coefficient (Wildman–Crippen LogP) is 3.25. The molecule has 2 N–H and O–H groups in total. The van der Waals surface area contributed by atoms with E-state index in [1.807, 2.05) is 36.4 Å². The zero-order valence-electron chi connectivity index (χ0n) is 20.7. The molecular weight excluding hydrogens is 444 g/mol. The molecule has 0 spiro atoms. The summed E-state index contributed by atoms with van der Waals surface area (Å²) in [4.78, 5) is 30.2. The minimum atomic E-state index is -0.552. The summed E-state index contributed by atoms with van der Waals surface area (Å²) in [5.74, 6) is 0.433. The van der Waals surface area contributed by atoms with Crippen LogP contribution in [0.1, 0.15) is 31.0 Å². The van der Waals surface area contributed by atoms with E-state index in [0.29, 0.717) is 17.8 Å². The van der Waals surface area contributed by atoms with Crippen molar-refractivity contribution < 1.29 is 19.1 Å². The molecule has 2 heterocycles. The number of hydrogen-bond acceptors (Lipinski definition) is 6. The number of urea groups is 1. The first-order valence-corrected chi connectivity index (χ1v) is 12.2. The molecule has 0 saturated carbocycles. The quantitative estimate of drug-likeness (QED) is 0.567. The molecule has 2 aliphatic rings. The molecule has 1 saturated heterocycles. The molecule has 0 aliphatic carbocycles. The molecule has 2 amide bonds. The molecule has 2 aromatic rings. The fraction of sp³-hybridized carbons (Fsp3) is 0.407. The number of piperazine rings is 1. The summed E-state index contributed by atoms with van der Waals surface area (Å²) in [7, 11) is 1.66. The SMILES string of the molecule is CCOC(=O)C1=C(CN2CCN(c3ccc(OC)cc3)CC2)NC(=O)N[C@@H]1c1ccc(CC)cc1. The Bertz CT molecular complexity index is 1060. The van der Waals surface area contributed by atoms with Crippen molar-refractivity contribution in [3.8, 4) is 5.75 Å². The number of nitrogens with one attached hydrogen (secondary N) is 2. The molecule has 8 nitrogen and oxygen atoms in total. The van der Waals surface area contributed by atoms with Crippen molar-refractivity contribution in [2.75, 3.05) is 51.3 Å². The van der Waals surface area contributed by atoms with Gasteiger partial charge in [0.15, 0.2) is 0 Å². The highest BCUT2D eigenvalue weighted by Gasteiger charge is 2.34. The maximum atomic E-state index is 13.0. The zero-order valence-corrected chi connectivity index (χ0v) is 20.7. The zero-order chi connectivity index (χ0) is 24.8. The van der Waals surface area contributed by atoms with Crippen LogP contribution in [-0.4, -0.2) is 63.3 Å². The largest absolute Gasteiger partial charge is 0.497 e. The third kappa shape index (κ3) is 5.77. The molecule has 0 aromatic heterocycles. The van der Waals surface area contributed by atoms with Gasteiger partial charge in [-0.2, -0.15) is 0 Å². The van der Waals surface area contributed by atoms with E-state index in [9.17, 15) is 9.59 Å². The van der Waals surface area contributed by atoms with Crippen molar-refractivity contribution in [3.63, 3.8) is 0 Å². The standard InChI is InChI=1S/C27H34N4O4/c1-4-19-6-8-20(9-7-19)25-24(26(32)35-5-2)23(28-27(33)29-25)18-30-14-16-31(17-15-30)21-10-12-22(34-3)13-11-21/h6-13,25H,4-5,14-18H2,1-3H3,(H2,28,29,33)/t25-/m1/s1. The van der Waals surface area contributed by atoms with Gasteiger partial charge in [0.05, 0.1) is 25.3 Å². The second-order valence-corrected chi connectivity index (χ2v) is 8.70. The first-order valence-electron chi connectivity index (χ1n) is 12.2. The number of rotatable bonds is 8. The van der Waals surface area contributed by atoms with Gasteiger partial charge in [-0.1, -0.05) is 31.2 Å². The van der Waals surface area contributed by atoms with Gasteiger partial charge in [-0.15, -0.1) is 0 Å². The van der Waals surface area contributed by atoms with E-state index >= 15 is 0 Å². The van der Waals surface area contributed by atoms with Crippen LogP contribution in [0.15, 0.2) is 59.8 Å². The van der Waals surface area contributed by atoms with Gasteiger partial charge >= 0.3 is 12.0 Å². The number of ether oxygens (including phenoxy) is 2. The Morgan fingerprint density at radius 1 is 1.00 bits per heavy atom. The smallest absolute Gasteiger partial charge is 0.338 e. The Morgan fingerprint density at radius 3 is 2.29 bits per heavy atom.